The second kappa shape index (κ2) is 5.35. The summed E-state index contributed by atoms with van der Waals surface area (Å²) in [6.45, 7) is 1.95. The maximum absolute atomic E-state index is 13.2. The van der Waals surface area contributed by atoms with Gasteiger partial charge < -0.3 is 0 Å². The zero-order chi connectivity index (χ0) is 14.1. The van der Waals surface area contributed by atoms with E-state index < -0.39 is 0 Å². The van der Waals surface area contributed by atoms with E-state index in [0.29, 0.717) is 5.92 Å². The summed E-state index contributed by atoms with van der Waals surface area (Å²) < 4.78 is 13.2. The third-order valence-electron chi connectivity index (χ3n) is 4.34. The number of fused-ring (bicyclic) bond motifs is 1. The summed E-state index contributed by atoms with van der Waals surface area (Å²) >= 11 is 0. The Labute approximate surface area is 118 Å². The van der Waals surface area contributed by atoms with Crippen LogP contribution in [-0.2, 0) is 12.8 Å². The number of rotatable bonds is 4. The van der Waals surface area contributed by atoms with Crippen molar-refractivity contribution in [1.29, 1.82) is 0 Å². The van der Waals surface area contributed by atoms with Gasteiger partial charge in [-0.2, -0.15) is 0 Å². The number of halogens is 1. The van der Waals surface area contributed by atoms with Crippen LogP contribution in [0.2, 0.25) is 0 Å². The van der Waals surface area contributed by atoms with Crippen LogP contribution in [0.5, 0.6) is 0 Å². The molecule has 0 saturated heterocycles. The van der Waals surface area contributed by atoms with Crippen LogP contribution in [0.1, 0.15) is 28.2 Å². The Morgan fingerprint density at radius 3 is 2.80 bits per heavy atom. The molecule has 2 unspecified atom stereocenters. The molecular formula is C17H19FN2. The first-order valence-corrected chi connectivity index (χ1v) is 6.98. The molecule has 0 aromatic heterocycles. The molecular weight excluding hydrogens is 251 g/mol. The number of nitrogens with one attached hydrogen (secondary N) is 1. The van der Waals surface area contributed by atoms with E-state index in [-0.39, 0.29) is 11.9 Å². The molecule has 2 aromatic rings. The zero-order valence-corrected chi connectivity index (χ0v) is 11.6. The topological polar surface area (TPSA) is 38.0 Å². The maximum atomic E-state index is 13.2. The monoisotopic (exact) mass is 270 g/mol. The van der Waals surface area contributed by atoms with Crippen molar-refractivity contribution in [3.05, 3.63) is 70.5 Å². The Morgan fingerprint density at radius 1 is 1.30 bits per heavy atom. The van der Waals surface area contributed by atoms with E-state index in [1.54, 1.807) is 6.07 Å². The lowest BCUT2D eigenvalue weighted by Gasteiger charge is -2.36. The maximum Gasteiger partial charge on any atom is 0.123 e. The standard InChI is InChI=1S/C17H19FN2/c1-11-8-14(18)7-6-12(11)10-17(20-19)16-9-13-4-2-3-5-15(13)16/h2-8,16-17,20H,9-10,19H2,1H3. The average Bonchev–Trinajstić information content (AvgIpc) is 2.41. The molecule has 1 aliphatic rings. The third-order valence-corrected chi connectivity index (χ3v) is 4.34. The minimum Gasteiger partial charge on any atom is -0.271 e. The zero-order valence-electron chi connectivity index (χ0n) is 11.6. The van der Waals surface area contributed by atoms with Gasteiger partial charge in [0.15, 0.2) is 0 Å². The second-order valence-electron chi connectivity index (χ2n) is 5.56. The van der Waals surface area contributed by atoms with Crippen LogP contribution >= 0.6 is 0 Å². The highest BCUT2D eigenvalue weighted by Crippen LogP contribution is 2.38. The van der Waals surface area contributed by atoms with Gasteiger partial charge in [-0.1, -0.05) is 30.3 Å². The van der Waals surface area contributed by atoms with Crippen LogP contribution in [0.4, 0.5) is 4.39 Å². The first-order chi connectivity index (χ1) is 9.69. The molecule has 2 aromatic carbocycles. The van der Waals surface area contributed by atoms with Crippen LogP contribution < -0.4 is 11.3 Å². The molecule has 0 fully saturated rings. The Balaban J connectivity index is 1.79. The van der Waals surface area contributed by atoms with Crippen molar-refractivity contribution in [2.75, 3.05) is 0 Å². The molecule has 104 valence electrons. The number of nitrogens with two attached hydrogens (primary N) is 1. The quantitative estimate of drug-likeness (QED) is 0.662. The number of benzene rings is 2. The highest BCUT2D eigenvalue weighted by Gasteiger charge is 2.32. The minimum atomic E-state index is -0.183. The molecule has 3 rings (SSSR count). The van der Waals surface area contributed by atoms with Crippen LogP contribution in [0, 0.1) is 12.7 Å². The lowest BCUT2D eigenvalue weighted by molar-refractivity contribution is 0.403. The lowest BCUT2D eigenvalue weighted by Crippen LogP contribution is -2.45. The van der Waals surface area contributed by atoms with Gasteiger partial charge in [0.1, 0.15) is 5.82 Å². The minimum absolute atomic E-state index is 0.183. The van der Waals surface area contributed by atoms with Crippen LogP contribution in [0.25, 0.3) is 0 Å². The molecule has 0 radical (unpaired) electrons. The fourth-order valence-electron chi connectivity index (χ4n) is 3.10. The molecule has 20 heavy (non-hydrogen) atoms. The van der Waals surface area contributed by atoms with Gasteiger partial charge >= 0.3 is 0 Å². The van der Waals surface area contributed by atoms with E-state index in [1.807, 2.05) is 13.0 Å². The van der Waals surface area contributed by atoms with Crippen molar-refractivity contribution in [2.45, 2.75) is 31.7 Å². The summed E-state index contributed by atoms with van der Waals surface area (Å²) in [5, 5.41) is 0. The molecule has 0 heterocycles. The second-order valence-corrected chi connectivity index (χ2v) is 5.56. The van der Waals surface area contributed by atoms with Gasteiger partial charge in [-0.25, -0.2) is 4.39 Å². The van der Waals surface area contributed by atoms with E-state index in [1.165, 1.54) is 17.2 Å². The van der Waals surface area contributed by atoms with Crippen molar-refractivity contribution in [3.8, 4) is 0 Å². The highest BCUT2D eigenvalue weighted by atomic mass is 19.1. The number of aryl methyl sites for hydroxylation is 1. The summed E-state index contributed by atoms with van der Waals surface area (Å²) in [5.74, 6) is 6.01. The molecule has 2 atom stereocenters. The van der Waals surface area contributed by atoms with E-state index >= 15 is 0 Å². The lowest BCUT2D eigenvalue weighted by atomic mass is 9.72. The number of hydrogen-bond donors (Lipinski definition) is 2. The van der Waals surface area contributed by atoms with Gasteiger partial charge in [0, 0.05) is 12.0 Å². The molecule has 0 amide bonds. The van der Waals surface area contributed by atoms with Crippen LogP contribution in [-0.4, -0.2) is 6.04 Å². The van der Waals surface area contributed by atoms with Crippen molar-refractivity contribution in [1.82, 2.24) is 5.43 Å². The normalized spacial score (nSPS) is 18.2. The Hall–Kier alpha value is -1.71. The smallest absolute Gasteiger partial charge is 0.123 e. The summed E-state index contributed by atoms with van der Waals surface area (Å²) in [6.07, 6.45) is 1.88. The van der Waals surface area contributed by atoms with Gasteiger partial charge in [0.05, 0.1) is 0 Å². The number of hydrazine groups is 1. The van der Waals surface area contributed by atoms with E-state index in [9.17, 15) is 4.39 Å². The van der Waals surface area contributed by atoms with Crippen LogP contribution in [0.3, 0.4) is 0 Å². The van der Waals surface area contributed by atoms with Crippen molar-refractivity contribution < 1.29 is 4.39 Å². The molecule has 3 heteroatoms. The molecule has 0 bridgehead atoms. The van der Waals surface area contributed by atoms with E-state index in [4.69, 9.17) is 5.84 Å². The van der Waals surface area contributed by atoms with Crippen molar-refractivity contribution >= 4 is 0 Å². The fraction of sp³-hybridized carbons (Fsp3) is 0.294. The molecule has 2 nitrogen and oxygen atoms in total. The van der Waals surface area contributed by atoms with Gasteiger partial charge in [-0.3, -0.25) is 11.3 Å². The SMILES string of the molecule is Cc1cc(F)ccc1CC(NN)C1Cc2ccccc21. The van der Waals surface area contributed by atoms with E-state index in [2.05, 4.69) is 29.7 Å². The molecule has 0 saturated carbocycles. The fourth-order valence-corrected chi connectivity index (χ4v) is 3.10. The summed E-state index contributed by atoms with van der Waals surface area (Å²) in [4.78, 5) is 0. The molecule has 3 N–H and O–H groups in total. The van der Waals surface area contributed by atoms with Crippen molar-refractivity contribution in [2.24, 2.45) is 5.84 Å². The predicted molar refractivity (Wildman–Crippen MR) is 78.8 cm³/mol. The molecule has 0 aliphatic heterocycles. The average molecular weight is 270 g/mol. The van der Waals surface area contributed by atoms with Gasteiger partial charge in [-0.15, -0.1) is 0 Å². The Morgan fingerprint density at radius 2 is 2.10 bits per heavy atom. The van der Waals surface area contributed by atoms with Gasteiger partial charge in [0.2, 0.25) is 0 Å². The van der Waals surface area contributed by atoms with Gasteiger partial charge in [-0.05, 0) is 54.2 Å². The largest absolute Gasteiger partial charge is 0.271 e. The molecule has 0 spiro atoms. The third kappa shape index (κ3) is 2.35. The Kier molecular flexibility index (Phi) is 3.55. The first kappa shape index (κ1) is 13.3. The number of hydrogen-bond acceptors (Lipinski definition) is 2. The Bertz CT molecular complexity index is 624. The van der Waals surface area contributed by atoms with Crippen molar-refractivity contribution in [3.63, 3.8) is 0 Å². The predicted octanol–water partition coefficient (Wildman–Crippen LogP) is 2.85. The summed E-state index contributed by atoms with van der Waals surface area (Å²) in [7, 11) is 0. The van der Waals surface area contributed by atoms with E-state index in [0.717, 1.165) is 24.0 Å². The highest BCUT2D eigenvalue weighted by molar-refractivity contribution is 5.42. The first-order valence-electron chi connectivity index (χ1n) is 6.98. The summed E-state index contributed by atoms with van der Waals surface area (Å²) in [6, 6.07) is 13.6. The van der Waals surface area contributed by atoms with Gasteiger partial charge in [0.25, 0.3) is 0 Å². The molecule has 1 aliphatic carbocycles. The summed E-state index contributed by atoms with van der Waals surface area (Å²) in [5.41, 5.74) is 7.87. The van der Waals surface area contributed by atoms with Crippen LogP contribution in [0.15, 0.2) is 42.5 Å².